The van der Waals surface area contributed by atoms with Gasteiger partial charge < -0.3 is 5.32 Å². The van der Waals surface area contributed by atoms with Gasteiger partial charge in [0.25, 0.3) is 0 Å². The number of nitrogens with one attached hydrogen (secondary N) is 1. The minimum atomic E-state index is 0.642. The monoisotopic (exact) mass is 198 g/mol. The minimum absolute atomic E-state index is 0.642. The Labute approximate surface area is 87.8 Å². The molecule has 0 saturated heterocycles. The quantitative estimate of drug-likeness (QED) is 0.599. The third-order valence-corrected chi connectivity index (χ3v) is 1.91. The molecule has 2 aromatic rings. The van der Waals surface area contributed by atoms with E-state index in [2.05, 4.69) is 26.2 Å². The molecule has 0 fully saturated rings. The Bertz CT molecular complexity index is 501. The van der Waals surface area contributed by atoms with Crippen molar-refractivity contribution in [3.05, 3.63) is 24.5 Å². The molecule has 0 bridgehead atoms. The fourth-order valence-electron chi connectivity index (χ4n) is 1.22. The van der Waals surface area contributed by atoms with Crippen LogP contribution in [0.5, 0.6) is 0 Å². The Morgan fingerprint density at radius 2 is 2.13 bits per heavy atom. The summed E-state index contributed by atoms with van der Waals surface area (Å²) in [5.74, 6) is 3.33. The molecule has 2 heterocycles. The summed E-state index contributed by atoms with van der Waals surface area (Å²) in [6.45, 7) is 0.718. The van der Waals surface area contributed by atoms with Gasteiger partial charge in [-0.05, 0) is 12.1 Å². The molecule has 2 rings (SSSR count). The van der Waals surface area contributed by atoms with Crippen molar-refractivity contribution in [2.24, 2.45) is 0 Å². The van der Waals surface area contributed by atoms with Crippen LogP contribution < -0.4 is 5.32 Å². The van der Waals surface area contributed by atoms with Crippen molar-refractivity contribution in [3.8, 4) is 12.3 Å². The van der Waals surface area contributed by atoms with Gasteiger partial charge in [0.15, 0.2) is 5.65 Å². The molecule has 0 unspecified atom stereocenters. The summed E-state index contributed by atoms with van der Waals surface area (Å²) in [4.78, 5) is 12.5. The largest absolute Gasteiger partial charge is 0.369 e. The predicted octanol–water partition coefficient (Wildman–Crippen LogP) is 1.46. The lowest BCUT2D eigenvalue weighted by Crippen LogP contribution is -2.02. The van der Waals surface area contributed by atoms with Crippen molar-refractivity contribution in [2.75, 3.05) is 11.9 Å². The van der Waals surface area contributed by atoms with E-state index < -0.39 is 0 Å². The molecular formula is C11H10N4. The van der Waals surface area contributed by atoms with Crippen LogP contribution in [0.25, 0.3) is 11.2 Å². The number of fused-ring (bicyclic) bond motifs is 1. The summed E-state index contributed by atoms with van der Waals surface area (Å²) in [6.07, 6.45) is 9.11. The van der Waals surface area contributed by atoms with Crippen molar-refractivity contribution in [1.29, 1.82) is 0 Å². The molecule has 4 heteroatoms. The normalized spacial score (nSPS) is 9.80. The van der Waals surface area contributed by atoms with Crippen molar-refractivity contribution in [1.82, 2.24) is 15.0 Å². The second-order valence-electron chi connectivity index (χ2n) is 2.98. The van der Waals surface area contributed by atoms with E-state index in [9.17, 15) is 0 Å². The maximum atomic E-state index is 5.15. The molecule has 74 valence electrons. The topological polar surface area (TPSA) is 50.7 Å². The summed E-state index contributed by atoms with van der Waals surface area (Å²) >= 11 is 0. The predicted molar refractivity (Wildman–Crippen MR) is 59.3 cm³/mol. The SMILES string of the molecule is C#CCCNc1ccc2nccnc2n1. The molecular weight excluding hydrogens is 188 g/mol. The third kappa shape index (κ3) is 2.20. The average Bonchev–Trinajstić information content (AvgIpc) is 2.29. The highest BCUT2D eigenvalue weighted by molar-refractivity contribution is 5.71. The first-order valence-corrected chi connectivity index (χ1v) is 4.65. The lowest BCUT2D eigenvalue weighted by atomic mass is 10.4. The first kappa shape index (κ1) is 9.41. The highest BCUT2D eigenvalue weighted by Crippen LogP contribution is 2.09. The van der Waals surface area contributed by atoms with Gasteiger partial charge in [-0.3, -0.25) is 4.98 Å². The van der Waals surface area contributed by atoms with Gasteiger partial charge in [0.05, 0.1) is 0 Å². The van der Waals surface area contributed by atoms with Crippen molar-refractivity contribution >= 4 is 17.0 Å². The summed E-state index contributed by atoms with van der Waals surface area (Å²) in [7, 11) is 0. The molecule has 0 atom stereocenters. The van der Waals surface area contributed by atoms with Crippen LogP contribution in [0.2, 0.25) is 0 Å². The van der Waals surface area contributed by atoms with Gasteiger partial charge in [-0.1, -0.05) is 0 Å². The fraction of sp³-hybridized carbons (Fsp3) is 0.182. The number of aromatic nitrogens is 3. The molecule has 15 heavy (non-hydrogen) atoms. The van der Waals surface area contributed by atoms with E-state index in [4.69, 9.17) is 6.42 Å². The molecule has 4 nitrogen and oxygen atoms in total. The summed E-state index contributed by atoms with van der Waals surface area (Å²) in [5, 5.41) is 3.12. The van der Waals surface area contributed by atoms with Gasteiger partial charge in [0, 0.05) is 25.4 Å². The Hall–Kier alpha value is -2.15. The van der Waals surface area contributed by atoms with E-state index in [1.807, 2.05) is 12.1 Å². The molecule has 0 aliphatic heterocycles. The van der Waals surface area contributed by atoms with Crippen LogP contribution in [0.4, 0.5) is 5.82 Å². The summed E-state index contributed by atoms with van der Waals surface area (Å²) < 4.78 is 0. The summed E-state index contributed by atoms with van der Waals surface area (Å²) in [5.41, 5.74) is 1.43. The summed E-state index contributed by atoms with van der Waals surface area (Å²) in [6, 6.07) is 3.75. The van der Waals surface area contributed by atoms with E-state index in [1.54, 1.807) is 12.4 Å². The molecule has 0 radical (unpaired) electrons. The van der Waals surface area contributed by atoms with Gasteiger partial charge in [-0.2, -0.15) is 0 Å². The smallest absolute Gasteiger partial charge is 0.180 e. The Kier molecular flexibility index (Phi) is 2.75. The number of hydrogen-bond donors (Lipinski definition) is 1. The first-order valence-electron chi connectivity index (χ1n) is 4.65. The van der Waals surface area contributed by atoms with E-state index in [0.29, 0.717) is 12.1 Å². The molecule has 0 saturated carbocycles. The Morgan fingerprint density at radius 1 is 1.27 bits per heavy atom. The molecule has 0 spiro atoms. The van der Waals surface area contributed by atoms with Crippen LogP contribution in [0.1, 0.15) is 6.42 Å². The van der Waals surface area contributed by atoms with E-state index in [1.165, 1.54) is 0 Å². The zero-order valence-corrected chi connectivity index (χ0v) is 8.14. The third-order valence-electron chi connectivity index (χ3n) is 1.91. The minimum Gasteiger partial charge on any atom is -0.369 e. The number of nitrogens with zero attached hydrogens (tertiary/aromatic N) is 3. The molecule has 0 aromatic carbocycles. The van der Waals surface area contributed by atoms with Crippen LogP contribution in [-0.4, -0.2) is 21.5 Å². The Balaban J connectivity index is 2.20. The zero-order valence-electron chi connectivity index (χ0n) is 8.14. The standard InChI is InChI=1S/C11H10N4/c1-2-3-6-13-10-5-4-9-11(15-10)14-8-7-12-9/h1,4-5,7-8H,3,6H2,(H,13,14,15). The molecule has 0 aliphatic carbocycles. The number of anilines is 1. The zero-order chi connectivity index (χ0) is 10.5. The highest BCUT2D eigenvalue weighted by atomic mass is 15.0. The van der Waals surface area contributed by atoms with Crippen molar-refractivity contribution in [3.63, 3.8) is 0 Å². The molecule has 1 N–H and O–H groups in total. The van der Waals surface area contributed by atoms with Crippen LogP contribution in [-0.2, 0) is 0 Å². The van der Waals surface area contributed by atoms with Crippen molar-refractivity contribution in [2.45, 2.75) is 6.42 Å². The van der Waals surface area contributed by atoms with Crippen LogP contribution in [0, 0.1) is 12.3 Å². The molecule has 0 amide bonds. The maximum absolute atomic E-state index is 5.15. The van der Waals surface area contributed by atoms with Gasteiger partial charge in [0.2, 0.25) is 0 Å². The van der Waals surface area contributed by atoms with Crippen LogP contribution in [0.3, 0.4) is 0 Å². The first-order chi connectivity index (χ1) is 7.40. The van der Waals surface area contributed by atoms with E-state index in [0.717, 1.165) is 17.9 Å². The van der Waals surface area contributed by atoms with Gasteiger partial charge in [-0.15, -0.1) is 12.3 Å². The number of terminal acetylenes is 1. The van der Waals surface area contributed by atoms with Gasteiger partial charge in [-0.25, -0.2) is 9.97 Å². The van der Waals surface area contributed by atoms with E-state index in [-0.39, 0.29) is 0 Å². The second-order valence-corrected chi connectivity index (χ2v) is 2.98. The number of pyridine rings is 1. The van der Waals surface area contributed by atoms with Gasteiger partial charge >= 0.3 is 0 Å². The average molecular weight is 198 g/mol. The fourth-order valence-corrected chi connectivity index (χ4v) is 1.22. The second kappa shape index (κ2) is 4.38. The van der Waals surface area contributed by atoms with Crippen LogP contribution >= 0.6 is 0 Å². The van der Waals surface area contributed by atoms with Crippen LogP contribution in [0.15, 0.2) is 24.5 Å². The maximum Gasteiger partial charge on any atom is 0.180 e. The van der Waals surface area contributed by atoms with Crippen molar-refractivity contribution < 1.29 is 0 Å². The number of rotatable bonds is 3. The lowest BCUT2D eigenvalue weighted by Gasteiger charge is -2.03. The Morgan fingerprint density at radius 3 is 3.00 bits per heavy atom. The van der Waals surface area contributed by atoms with E-state index >= 15 is 0 Å². The molecule has 2 aromatic heterocycles. The highest BCUT2D eigenvalue weighted by Gasteiger charge is 1.98. The lowest BCUT2D eigenvalue weighted by molar-refractivity contribution is 1.07. The number of hydrogen-bond acceptors (Lipinski definition) is 4. The van der Waals surface area contributed by atoms with Gasteiger partial charge in [0.1, 0.15) is 11.3 Å². The molecule has 0 aliphatic rings.